The van der Waals surface area contributed by atoms with Gasteiger partial charge < -0.3 is 4.74 Å². The summed E-state index contributed by atoms with van der Waals surface area (Å²) in [6.45, 7) is 0. The monoisotopic (exact) mass is 364 g/mol. The second-order valence-corrected chi connectivity index (χ2v) is 6.63. The molecule has 0 heterocycles. The number of rotatable bonds is 6. The summed E-state index contributed by atoms with van der Waals surface area (Å²) in [6, 6.07) is 35.0. The lowest BCUT2D eigenvalue weighted by molar-refractivity contribution is 0.103. The molecule has 4 rings (SSSR count). The second kappa shape index (κ2) is 8.36. The van der Waals surface area contributed by atoms with Gasteiger partial charge in [-0.05, 0) is 53.9 Å². The van der Waals surface area contributed by atoms with Crippen molar-refractivity contribution in [3.8, 4) is 11.5 Å². The molecule has 0 aliphatic rings. The number of carbonyl (C=O) groups excluding carboxylic acids is 1. The molecule has 0 spiro atoms. The maximum atomic E-state index is 12.7. The maximum absolute atomic E-state index is 12.7. The van der Waals surface area contributed by atoms with E-state index < -0.39 is 0 Å². The zero-order chi connectivity index (χ0) is 19.2. The first-order valence-corrected chi connectivity index (χ1v) is 9.28. The van der Waals surface area contributed by atoms with E-state index in [1.165, 1.54) is 11.1 Å². The van der Waals surface area contributed by atoms with E-state index in [2.05, 4.69) is 12.1 Å². The van der Waals surface area contributed by atoms with Gasteiger partial charge in [0, 0.05) is 11.1 Å². The predicted octanol–water partition coefficient (Wildman–Crippen LogP) is 6.30. The van der Waals surface area contributed by atoms with E-state index in [0.717, 1.165) is 12.2 Å². The highest BCUT2D eigenvalue weighted by molar-refractivity contribution is 6.09. The van der Waals surface area contributed by atoms with Crippen molar-refractivity contribution in [2.24, 2.45) is 0 Å². The van der Waals surface area contributed by atoms with Crippen LogP contribution in [0.25, 0.3) is 0 Å². The average Bonchev–Trinajstić information content (AvgIpc) is 2.76. The van der Waals surface area contributed by atoms with Gasteiger partial charge in [0.25, 0.3) is 0 Å². The van der Waals surface area contributed by atoms with Gasteiger partial charge in [-0.3, -0.25) is 4.79 Å². The molecule has 0 unspecified atom stereocenters. The van der Waals surface area contributed by atoms with Gasteiger partial charge in [-0.1, -0.05) is 72.8 Å². The Balaban J connectivity index is 1.44. The van der Waals surface area contributed by atoms with Gasteiger partial charge in [-0.2, -0.15) is 0 Å². The zero-order valence-corrected chi connectivity index (χ0v) is 15.4. The lowest BCUT2D eigenvalue weighted by Gasteiger charge is -2.07. The first-order chi connectivity index (χ1) is 13.8. The normalized spacial score (nSPS) is 10.4. The molecular formula is C26H20O2. The van der Waals surface area contributed by atoms with Crippen LogP contribution in [0.2, 0.25) is 0 Å². The Kier molecular flexibility index (Phi) is 5.30. The van der Waals surface area contributed by atoms with Gasteiger partial charge >= 0.3 is 0 Å². The lowest BCUT2D eigenvalue weighted by atomic mass is 9.99. The minimum atomic E-state index is 0.0116. The Labute approximate surface area is 165 Å². The quantitative estimate of drug-likeness (QED) is 0.375. The summed E-state index contributed by atoms with van der Waals surface area (Å²) in [5, 5.41) is 0. The topological polar surface area (TPSA) is 26.3 Å². The molecule has 0 aliphatic carbocycles. The Morgan fingerprint density at radius 3 is 1.61 bits per heavy atom. The van der Waals surface area contributed by atoms with E-state index in [-0.39, 0.29) is 5.78 Å². The van der Waals surface area contributed by atoms with Crippen molar-refractivity contribution in [1.82, 2.24) is 0 Å². The summed E-state index contributed by atoms with van der Waals surface area (Å²) in [7, 11) is 0. The highest BCUT2D eigenvalue weighted by Crippen LogP contribution is 2.22. The van der Waals surface area contributed by atoms with E-state index >= 15 is 0 Å². The van der Waals surface area contributed by atoms with E-state index in [1.54, 1.807) is 12.1 Å². The van der Waals surface area contributed by atoms with Crippen molar-refractivity contribution in [3.63, 3.8) is 0 Å². The van der Waals surface area contributed by atoms with Gasteiger partial charge in [0.2, 0.25) is 0 Å². The maximum Gasteiger partial charge on any atom is 0.193 e. The number of hydrogen-bond donors (Lipinski definition) is 0. The molecule has 4 aromatic carbocycles. The van der Waals surface area contributed by atoms with Crippen LogP contribution < -0.4 is 4.74 Å². The van der Waals surface area contributed by atoms with Gasteiger partial charge in [0.15, 0.2) is 5.78 Å². The fraction of sp³-hybridized carbons (Fsp3) is 0.0385. The third kappa shape index (κ3) is 4.36. The van der Waals surface area contributed by atoms with Crippen LogP contribution in [-0.2, 0) is 6.42 Å². The fourth-order valence-electron chi connectivity index (χ4n) is 3.07. The number of hydrogen-bond acceptors (Lipinski definition) is 2. The molecule has 0 N–H and O–H groups in total. The Morgan fingerprint density at radius 1 is 0.536 bits per heavy atom. The van der Waals surface area contributed by atoms with Crippen LogP contribution >= 0.6 is 0 Å². The molecule has 0 saturated heterocycles. The summed E-state index contributed by atoms with van der Waals surface area (Å²) < 4.78 is 5.78. The third-order valence-corrected chi connectivity index (χ3v) is 4.56. The summed E-state index contributed by atoms with van der Waals surface area (Å²) in [4.78, 5) is 12.7. The second-order valence-electron chi connectivity index (χ2n) is 6.63. The van der Waals surface area contributed by atoms with E-state index in [1.807, 2.05) is 84.9 Å². The van der Waals surface area contributed by atoms with Gasteiger partial charge in [0.05, 0.1) is 0 Å². The van der Waals surface area contributed by atoms with Crippen LogP contribution in [-0.4, -0.2) is 5.78 Å². The lowest BCUT2D eigenvalue weighted by Crippen LogP contribution is -2.01. The summed E-state index contributed by atoms with van der Waals surface area (Å²) in [5.74, 6) is 1.49. The zero-order valence-electron chi connectivity index (χ0n) is 15.4. The SMILES string of the molecule is O=C(c1ccc(Cc2ccccc2)cc1)c1ccc(Oc2ccccc2)cc1. The largest absolute Gasteiger partial charge is 0.457 e. The highest BCUT2D eigenvalue weighted by atomic mass is 16.5. The fourth-order valence-corrected chi connectivity index (χ4v) is 3.07. The van der Waals surface area contributed by atoms with Crippen molar-refractivity contribution < 1.29 is 9.53 Å². The van der Waals surface area contributed by atoms with Gasteiger partial charge in [0.1, 0.15) is 11.5 Å². The summed E-state index contributed by atoms with van der Waals surface area (Å²) in [6.07, 6.45) is 0.862. The molecule has 0 radical (unpaired) electrons. The van der Waals surface area contributed by atoms with E-state index in [4.69, 9.17) is 4.74 Å². The molecule has 0 saturated carbocycles. The summed E-state index contributed by atoms with van der Waals surface area (Å²) in [5.41, 5.74) is 3.79. The molecule has 0 bridgehead atoms. The molecule has 0 fully saturated rings. The van der Waals surface area contributed by atoms with E-state index in [9.17, 15) is 4.79 Å². The van der Waals surface area contributed by atoms with Crippen LogP contribution in [0.4, 0.5) is 0 Å². The first kappa shape index (κ1) is 17.7. The third-order valence-electron chi connectivity index (χ3n) is 4.56. The molecule has 28 heavy (non-hydrogen) atoms. The minimum Gasteiger partial charge on any atom is -0.457 e. The van der Waals surface area contributed by atoms with Gasteiger partial charge in [-0.15, -0.1) is 0 Å². The average molecular weight is 364 g/mol. The van der Waals surface area contributed by atoms with Crippen LogP contribution in [0.15, 0.2) is 109 Å². The Bertz CT molecular complexity index is 948. The molecule has 136 valence electrons. The molecule has 0 amide bonds. The Hall–Kier alpha value is -3.65. The van der Waals surface area contributed by atoms with E-state index in [0.29, 0.717) is 16.9 Å². The van der Waals surface area contributed by atoms with Crippen molar-refractivity contribution in [3.05, 3.63) is 131 Å². The van der Waals surface area contributed by atoms with Crippen molar-refractivity contribution >= 4 is 5.78 Å². The van der Waals surface area contributed by atoms with Crippen LogP contribution in [0, 0.1) is 0 Å². The predicted molar refractivity (Wildman–Crippen MR) is 112 cm³/mol. The number of ketones is 1. The number of ether oxygens (including phenoxy) is 1. The number of carbonyl (C=O) groups is 1. The molecule has 0 aliphatic heterocycles. The molecule has 4 aromatic rings. The molecule has 0 atom stereocenters. The van der Waals surface area contributed by atoms with Crippen molar-refractivity contribution in [1.29, 1.82) is 0 Å². The minimum absolute atomic E-state index is 0.0116. The number of benzene rings is 4. The molecule has 2 heteroatoms. The molecule has 0 aromatic heterocycles. The van der Waals surface area contributed by atoms with Crippen LogP contribution in [0.1, 0.15) is 27.0 Å². The number of para-hydroxylation sites is 1. The highest BCUT2D eigenvalue weighted by Gasteiger charge is 2.09. The van der Waals surface area contributed by atoms with Crippen LogP contribution in [0.5, 0.6) is 11.5 Å². The van der Waals surface area contributed by atoms with Gasteiger partial charge in [-0.25, -0.2) is 0 Å². The molecule has 2 nitrogen and oxygen atoms in total. The smallest absolute Gasteiger partial charge is 0.193 e. The van der Waals surface area contributed by atoms with Crippen molar-refractivity contribution in [2.45, 2.75) is 6.42 Å². The van der Waals surface area contributed by atoms with Crippen LogP contribution in [0.3, 0.4) is 0 Å². The van der Waals surface area contributed by atoms with Crippen molar-refractivity contribution in [2.75, 3.05) is 0 Å². The Morgan fingerprint density at radius 2 is 1.00 bits per heavy atom. The standard InChI is InChI=1S/C26H20O2/c27-26(22-13-11-21(12-14-22)19-20-7-3-1-4-8-20)23-15-17-25(18-16-23)28-24-9-5-2-6-10-24/h1-18H,19H2. The molecular weight excluding hydrogens is 344 g/mol. The first-order valence-electron chi connectivity index (χ1n) is 9.28. The summed E-state index contributed by atoms with van der Waals surface area (Å²) >= 11 is 0.